The monoisotopic (exact) mass is 425 g/mol. The van der Waals surface area contributed by atoms with Gasteiger partial charge in [-0.2, -0.15) is 0 Å². The molecule has 1 N–H and O–H groups in total. The van der Waals surface area contributed by atoms with Crippen LogP contribution in [0.3, 0.4) is 0 Å². The zero-order valence-electron chi connectivity index (χ0n) is 19.0. The summed E-state index contributed by atoms with van der Waals surface area (Å²) in [7, 11) is 0. The minimum atomic E-state index is 0.854. The van der Waals surface area contributed by atoms with Crippen LogP contribution in [-0.2, 0) is 6.54 Å². The van der Waals surface area contributed by atoms with Crippen LogP contribution in [0.15, 0.2) is 97.2 Å². The maximum atomic E-state index is 4.03. The van der Waals surface area contributed by atoms with E-state index in [1.165, 1.54) is 66.5 Å². The van der Waals surface area contributed by atoms with Crippen molar-refractivity contribution in [2.75, 3.05) is 0 Å². The highest BCUT2D eigenvalue weighted by Crippen LogP contribution is 2.51. The molecular formula is C32H27N. The Morgan fingerprint density at radius 2 is 1.67 bits per heavy atom. The number of fused-ring (bicyclic) bond motifs is 3. The van der Waals surface area contributed by atoms with Gasteiger partial charge in [-0.25, -0.2) is 0 Å². The highest BCUT2D eigenvalue weighted by atomic mass is 14.9. The molecule has 0 bridgehead atoms. The van der Waals surface area contributed by atoms with Gasteiger partial charge < -0.3 is 5.32 Å². The van der Waals surface area contributed by atoms with E-state index in [-0.39, 0.29) is 0 Å². The summed E-state index contributed by atoms with van der Waals surface area (Å²) in [6.07, 6.45) is 10.7. The fourth-order valence-corrected chi connectivity index (χ4v) is 5.51. The SMILES string of the molecule is C=Cc1ccccc1-c1ccc2c(c1C)-c1ccc(CNC3=CC=CCC3)c3cccc-2c13. The fourth-order valence-electron chi connectivity index (χ4n) is 5.51. The lowest BCUT2D eigenvalue weighted by Crippen LogP contribution is -2.13. The van der Waals surface area contributed by atoms with E-state index in [0.717, 1.165) is 19.4 Å². The summed E-state index contributed by atoms with van der Waals surface area (Å²) < 4.78 is 0. The first kappa shape index (κ1) is 19.8. The van der Waals surface area contributed by atoms with Crippen molar-refractivity contribution in [3.8, 4) is 33.4 Å². The molecule has 0 unspecified atom stereocenters. The van der Waals surface area contributed by atoms with Crippen molar-refractivity contribution < 1.29 is 0 Å². The zero-order valence-corrected chi connectivity index (χ0v) is 19.0. The molecule has 2 aliphatic carbocycles. The lowest BCUT2D eigenvalue weighted by atomic mass is 9.89. The van der Waals surface area contributed by atoms with Gasteiger partial charge in [0.1, 0.15) is 0 Å². The van der Waals surface area contributed by atoms with E-state index in [0.29, 0.717) is 0 Å². The van der Waals surface area contributed by atoms with Crippen molar-refractivity contribution >= 4 is 16.8 Å². The second-order valence-corrected chi connectivity index (χ2v) is 8.96. The van der Waals surface area contributed by atoms with Crippen LogP contribution in [0.1, 0.15) is 29.5 Å². The van der Waals surface area contributed by atoms with E-state index in [1.807, 2.05) is 6.08 Å². The minimum Gasteiger partial charge on any atom is -0.384 e. The van der Waals surface area contributed by atoms with E-state index in [2.05, 4.69) is 104 Å². The number of nitrogens with one attached hydrogen (secondary N) is 1. The van der Waals surface area contributed by atoms with Crippen LogP contribution >= 0.6 is 0 Å². The second kappa shape index (κ2) is 7.94. The maximum absolute atomic E-state index is 4.03. The third-order valence-electron chi connectivity index (χ3n) is 7.15. The molecule has 33 heavy (non-hydrogen) atoms. The standard InChI is InChI=1S/C32H27N/c1-3-22-10-7-8-13-26(22)25-18-19-29-28-15-9-14-27-23(20-33-24-11-5-4-6-12-24)16-17-30(32(27)28)31(29)21(25)2/h3-5,7-11,13-19,33H,1,6,12,20H2,2H3. The Morgan fingerprint density at radius 3 is 2.52 bits per heavy atom. The molecule has 0 amide bonds. The highest BCUT2D eigenvalue weighted by Gasteiger charge is 2.25. The maximum Gasteiger partial charge on any atom is 0.0403 e. The van der Waals surface area contributed by atoms with Gasteiger partial charge in [-0.15, -0.1) is 0 Å². The Hall–Kier alpha value is -3.84. The van der Waals surface area contributed by atoms with Crippen LogP contribution in [0, 0.1) is 6.92 Å². The van der Waals surface area contributed by atoms with Crippen LogP contribution in [0.25, 0.3) is 50.2 Å². The molecule has 1 heteroatoms. The topological polar surface area (TPSA) is 12.0 Å². The van der Waals surface area contributed by atoms with Crippen molar-refractivity contribution in [2.45, 2.75) is 26.3 Å². The Labute approximate surface area is 195 Å². The predicted octanol–water partition coefficient (Wildman–Crippen LogP) is 8.43. The van der Waals surface area contributed by atoms with E-state index in [9.17, 15) is 0 Å². The van der Waals surface area contributed by atoms with Gasteiger partial charge in [-0.1, -0.05) is 91.5 Å². The summed E-state index contributed by atoms with van der Waals surface area (Å²) in [5.41, 5.74) is 13.2. The molecule has 160 valence electrons. The predicted molar refractivity (Wildman–Crippen MR) is 142 cm³/mol. The van der Waals surface area contributed by atoms with Crippen molar-refractivity contribution in [3.05, 3.63) is 114 Å². The van der Waals surface area contributed by atoms with Gasteiger partial charge in [0.25, 0.3) is 0 Å². The minimum absolute atomic E-state index is 0.854. The van der Waals surface area contributed by atoms with Crippen LogP contribution in [0.4, 0.5) is 0 Å². The average molecular weight is 426 g/mol. The Bertz CT molecular complexity index is 1480. The Morgan fingerprint density at radius 1 is 0.848 bits per heavy atom. The van der Waals surface area contributed by atoms with Gasteiger partial charge in [0.2, 0.25) is 0 Å². The van der Waals surface area contributed by atoms with Gasteiger partial charge in [-0.05, 0) is 86.7 Å². The lowest BCUT2D eigenvalue weighted by Gasteiger charge is -2.15. The molecule has 6 rings (SSSR count). The third kappa shape index (κ3) is 3.15. The molecular weight excluding hydrogens is 398 g/mol. The van der Waals surface area contributed by atoms with E-state index in [1.54, 1.807) is 0 Å². The first-order valence-corrected chi connectivity index (χ1v) is 11.8. The zero-order chi connectivity index (χ0) is 22.4. The van der Waals surface area contributed by atoms with Crippen molar-refractivity contribution in [3.63, 3.8) is 0 Å². The molecule has 2 aliphatic rings. The highest BCUT2D eigenvalue weighted by molar-refractivity contribution is 6.17. The van der Waals surface area contributed by atoms with E-state index < -0.39 is 0 Å². The molecule has 0 radical (unpaired) electrons. The molecule has 0 saturated carbocycles. The summed E-state index contributed by atoms with van der Waals surface area (Å²) in [4.78, 5) is 0. The number of allylic oxidation sites excluding steroid dienone is 4. The van der Waals surface area contributed by atoms with Crippen LogP contribution in [-0.4, -0.2) is 0 Å². The summed E-state index contributed by atoms with van der Waals surface area (Å²) in [6.45, 7) is 7.15. The van der Waals surface area contributed by atoms with Crippen LogP contribution in [0.5, 0.6) is 0 Å². The molecule has 0 spiro atoms. The van der Waals surface area contributed by atoms with Gasteiger partial charge in [0.15, 0.2) is 0 Å². The average Bonchev–Trinajstić information content (AvgIpc) is 3.20. The van der Waals surface area contributed by atoms with Crippen LogP contribution < -0.4 is 5.32 Å². The van der Waals surface area contributed by atoms with Gasteiger partial charge in [-0.3, -0.25) is 0 Å². The van der Waals surface area contributed by atoms with Crippen molar-refractivity contribution in [1.82, 2.24) is 5.32 Å². The number of benzene rings is 4. The number of hydrogen-bond donors (Lipinski definition) is 1. The fraction of sp³-hybridized carbons (Fsp3) is 0.125. The van der Waals surface area contributed by atoms with Gasteiger partial charge in [0.05, 0.1) is 0 Å². The van der Waals surface area contributed by atoms with Crippen LogP contribution in [0.2, 0.25) is 0 Å². The largest absolute Gasteiger partial charge is 0.384 e. The van der Waals surface area contributed by atoms with Gasteiger partial charge >= 0.3 is 0 Å². The lowest BCUT2D eigenvalue weighted by molar-refractivity contribution is 0.749. The molecule has 0 heterocycles. The summed E-state index contributed by atoms with van der Waals surface area (Å²) in [6, 6.07) is 24.5. The van der Waals surface area contributed by atoms with Gasteiger partial charge in [0, 0.05) is 12.2 Å². The first-order chi connectivity index (χ1) is 16.3. The number of rotatable bonds is 5. The summed E-state index contributed by atoms with van der Waals surface area (Å²) >= 11 is 0. The first-order valence-electron chi connectivity index (χ1n) is 11.8. The third-order valence-corrected chi connectivity index (χ3v) is 7.15. The quantitative estimate of drug-likeness (QED) is 0.298. The summed E-state index contributed by atoms with van der Waals surface area (Å²) in [5, 5.41) is 6.41. The smallest absolute Gasteiger partial charge is 0.0403 e. The number of hydrogen-bond acceptors (Lipinski definition) is 1. The molecule has 0 fully saturated rings. The van der Waals surface area contributed by atoms with Crippen molar-refractivity contribution in [2.24, 2.45) is 0 Å². The molecule has 0 saturated heterocycles. The normalized spacial score (nSPS) is 13.7. The van der Waals surface area contributed by atoms with E-state index >= 15 is 0 Å². The molecule has 0 atom stereocenters. The summed E-state index contributed by atoms with van der Waals surface area (Å²) in [5.74, 6) is 0. The Balaban J connectivity index is 1.48. The Kier molecular flexibility index (Phi) is 4.77. The molecule has 4 aromatic carbocycles. The van der Waals surface area contributed by atoms with E-state index in [4.69, 9.17) is 0 Å². The second-order valence-electron chi connectivity index (χ2n) is 8.96. The molecule has 1 nitrogen and oxygen atoms in total. The molecule has 0 aliphatic heterocycles. The van der Waals surface area contributed by atoms with Crippen molar-refractivity contribution in [1.29, 1.82) is 0 Å². The molecule has 4 aromatic rings. The molecule has 0 aromatic heterocycles.